The second kappa shape index (κ2) is 11.9. The van der Waals surface area contributed by atoms with Gasteiger partial charge in [0.15, 0.2) is 0 Å². The fraction of sp³-hybridized carbons (Fsp3) is 0.483. The van der Waals surface area contributed by atoms with Crippen LogP contribution in [-0.2, 0) is 11.2 Å². The van der Waals surface area contributed by atoms with Crippen molar-refractivity contribution in [2.24, 2.45) is 0 Å². The van der Waals surface area contributed by atoms with Gasteiger partial charge in [-0.15, -0.1) is 0 Å². The Morgan fingerprint density at radius 1 is 0.973 bits per heavy atom. The van der Waals surface area contributed by atoms with Crippen molar-refractivity contribution in [3.63, 3.8) is 0 Å². The van der Waals surface area contributed by atoms with E-state index in [2.05, 4.69) is 57.3 Å². The van der Waals surface area contributed by atoms with Gasteiger partial charge in [0.05, 0.1) is 26.0 Å². The first kappa shape index (κ1) is 25.4. The molecule has 0 radical (unpaired) electrons. The van der Waals surface area contributed by atoms with Crippen molar-refractivity contribution in [2.75, 3.05) is 45.8 Å². The van der Waals surface area contributed by atoms with Crippen LogP contribution < -0.4 is 14.8 Å². The van der Waals surface area contributed by atoms with E-state index in [0.29, 0.717) is 17.6 Å². The molecular weight excluding hydrogens is 466 g/mol. The maximum Gasteiger partial charge on any atom is 0.135 e. The largest absolute Gasteiger partial charge is 0.496 e. The van der Waals surface area contributed by atoms with Gasteiger partial charge in [0.1, 0.15) is 35.6 Å². The zero-order chi connectivity index (χ0) is 25.6. The monoisotopic (exact) mass is 503 g/mol. The second-order valence-electron chi connectivity index (χ2n) is 9.91. The van der Waals surface area contributed by atoms with Gasteiger partial charge in [0.25, 0.3) is 0 Å². The summed E-state index contributed by atoms with van der Waals surface area (Å²) in [4.78, 5) is 16.0. The Hall–Kier alpha value is -3.23. The second-order valence-corrected chi connectivity index (χ2v) is 9.91. The van der Waals surface area contributed by atoms with Crippen LogP contribution in [0.1, 0.15) is 49.7 Å². The number of pyridine rings is 1. The van der Waals surface area contributed by atoms with Crippen molar-refractivity contribution in [3.05, 3.63) is 54.0 Å². The normalized spacial score (nSPS) is 17.5. The lowest BCUT2D eigenvalue weighted by Gasteiger charge is -2.29. The molecule has 2 saturated heterocycles. The molecule has 0 amide bonds. The minimum atomic E-state index is 0.218. The van der Waals surface area contributed by atoms with Gasteiger partial charge < -0.3 is 24.4 Å². The van der Waals surface area contributed by atoms with Crippen molar-refractivity contribution in [3.8, 4) is 22.8 Å². The molecule has 3 aromatic rings. The fourth-order valence-electron chi connectivity index (χ4n) is 5.14. The summed E-state index contributed by atoms with van der Waals surface area (Å²) in [6.45, 7) is 5.88. The summed E-state index contributed by atoms with van der Waals surface area (Å²) in [5.74, 6) is 3.69. The molecule has 2 aliphatic rings. The molecule has 196 valence electrons. The highest BCUT2D eigenvalue weighted by Gasteiger charge is 2.22. The summed E-state index contributed by atoms with van der Waals surface area (Å²) < 4.78 is 17.5. The van der Waals surface area contributed by atoms with Crippen LogP contribution in [0.2, 0.25) is 0 Å². The van der Waals surface area contributed by atoms with Crippen LogP contribution in [0.5, 0.6) is 11.5 Å². The number of piperidine rings is 1. The molecule has 4 heterocycles. The zero-order valence-corrected chi connectivity index (χ0v) is 22.1. The standard InChI is InChI=1S/C29H37N5O3/c1-4-20-15-22(5-6-26(20)37-23-9-13-36-14-10-23)25-16-28(32-19-31-25)33-29-17-27(35-3)24(18-30-29)21-7-11-34(2)12-8-21/h5-6,15-19,21,23H,4,7-14H2,1-3H3,(H,30,31,32,33). The Kier molecular flexibility index (Phi) is 8.16. The molecule has 37 heavy (non-hydrogen) atoms. The van der Waals surface area contributed by atoms with Crippen LogP contribution >= 0.6 is 0 Å². The predicted octanol–water partition coefficient (Wildman–Crippen LogP) is 5.22. The highest BCUT2D eigenvalue weighted by molar-refractivity contribution is 5.66. The number of likely N-dealkylation sites (tertiary alicyclic amines) is 1. The lowest BCUT2D eigenvalue weighted by atomic mass is 9.90. The Labute approximate surface area is 219 Å². The zero-order valence-electron chi connectivity index (χ0n) is 22.1. The highest BCUT2D eigenvalue weighted by Crippen LogP contribution is 2.35. The van der Waals surface area contributed by atoms with Crippen molar-refractivity contribution < 1.29 is 14.2 Å². The Morgan fingerprint density at radius 3 is 2.51 bits per heavy atom. The number of aromatic nitrogens is 3. The molecule has 1 aromatic carbocycles. The van der Waals surface area contributed by atoms with Gasteiger partial charge >= 0.3 is 0 Å². The number of rotatable bonds is 8. The number of aryl methyl sites for hydroxylation is 1. The molecule has 1 N–H and O–H groups in total. The van der Waals surface area contributed by atoms with E-state index in [4.69, 9.17) is 14.2 Å². The summed E-state index contributed by atoms with van der Waals surface area (Å²) in [5.41, 5.74) is 4.23. The lowest BCUT2D eigenvalue weighted by Crippen LogP contribution is -2.29. The molecule has 0 unspecified atom stereocenters. The summed E-state index contributed by atoms with van der Waals surface area (Å²) in [7, 11) is 3.90. The summed E-state index contributed by atoms with van der Waals surface area (Å²) in [6.07, 6.45) is 8.74. The van der Waals surface area contributed by atoms with Gasteiger partial charge in [-0.25, -0.2) is 15.0 Å². The summed E-state index contributed by atoms with van der Waals surface area (Å²) in [5, 5.41) is 3.33. The van der Waals surface area contributed by atoms with Crippen LogP contribution in [0.3, 0.4) is 0 Å². The van der Waals surface area contributed by atoms with E-state index >= 15 is 0 Å². The number of hydrogen-bond acceptors (Lipinski definition) is 8. The summed E-state index contributed by atoms with van der Waals surface area (Å²) in [6, 6.07) is 10.2. The van der Waals surface area contributed by atoms with E-state index in [1.165, 1.54) is 11.1 Å². The molecule has 5 rings (SSSR count). The minimum Gasteiger partial charge on any atom is -0.496 e. The SMILES string of the molecule is CCc1cc(-c2cc(Nc3cc(OC)c(C4CCN(C)CC4)cn3)ncn2)ccc1OC1CCOCC1. The molecule has 0 spiro atoms. The van der Waals surface area contributed by atoms with E-state index in [1.807, 2.05) is 18.3 Å². The van der Waals surface area contributed by atoms with Gasteiger partial charge in [-0.2, -0.15) is 0 Å². The van der Waals surface area contributed by atoms with E-state index < -0.39 is 0 Å². The van der Waals surface area contributed by atoms with E-state index in [-0.39, 0.29) is 6.10 Å². The number of nitrogens with zero attached hydrogens (tertiary/aromatic N) is 4. The van der Waals surface area contributed by atoms with Gasteiger partial charge in [-0.05, 0) is 69.1 Å². The third-order valence-corrected chi connectivity index (χ3v) is 7.40. The smallest absolute Gasteiger partial charge is 0.135 e. The van der Waals surface area contributed by atoms with E-state index in [9.17, 15) is 0 Å². The molecule has 8 heteroatoms. The van der Waals surface area contributed by atoms with Crippen molar-refractivity contribution in [1.29, 1.82) is 0 Å². The van der Waals surface area contributed by atoms with E-state index in [0.717, 1.165) is 81.2 Å². The quantitative estimate of drug-likeness (QED) is 0.448. The van der Waals surface area contributed by atoms with Crippen molar-refractivity contribution >= 4 is 11.6 Å². The van der Waals surface area contributed by atoms with Crippen LogP contribution in [-0.4, -0.2) is 66.4 Å². The molecule has 0 atom stereocenters. The third-order valence-electron chi connectivity index (χ3n) is 7.40. The van der Waals surface area contributed by atoms with Crippen LogP contribution in [0.4, 0.5) is 11.6 Å². The molecular formula is C29H37N5O3. The molecule has 0 saturated carbocycles. The van der Waals surface area contributed by atoms with Gasteiger partial charge in [-0.3, -0.25) is 0 Å². The number of methoxy groups -OCH3 is 1. The van der Waals surface area contributed by atoms with Crippen LogP contribution in [0.15, 0.2) is 42.9 Å². The molecule has 2 aliphatic heterocycles. The highest BCUT2D eigenvalue weighted by atomic mass is 16.5. The Morgan fingerprint density at radius 2 is 1.76 bits per heavy atom. The van der Waals surface area contributed by atoms with Crippen molar-refractivity contribution in [1.82, 2.24) is 19.9 Å². The van der Waals surface area contributed by atoms with Crippen LogP contribution in [0.25, 0.3) is 11.3 Å². The van der Waals surface area contributed by atoms with Crippen molar-refractivity contribution in [2.45, 2.75) is 51.0 Å². The Balaban J connectivity index is 1.31. The summed E-state index contributed by atoms with van der Waals surface area (Å²) >= 11 is 0. The maximum absolute atomic E-state index is 6.30. The number of nitrogens with one attached hydrogen (secondary N) is 1. The average Bonchev–Trinajstić information content (AvgIpc) is 2.94. The third kappa shape index (κ3) is 6.19. The average molecular weight is 504 g/mol. The van der Waals surface area contributed by atoms with Crippen LogP contribution in [0, 0.1) is 0 Å². The van der Waals surface area contributed by atoms with Gasteiger partial charge in [-0.1, -0.05) is 6.92 Å². The maximum atomic E-state index is 6.30. The number of anilines is 2. The minimum absolute atomic E-state index is 0.218. The lowest BCUT2D eigenvalue weighted by molar-refractivity contribution is 0.0252. The Bertz CT molecular complexity index is 1190. The van der Waals surface area contributed by atoms with Gasteiger partial charge in [0, 0.05) is 42.3 Å². The number of benzene rings is 1. The number of ether oxygens (including phenoxy) is 3. The molecule has 8 nitrogen and oxygen atoms in total. The molecule has 2 aromatic heterocycles. The first-order chi connectivity index (χ1) is 18.1. The first-order valence-electron chi connectivity index (χ1n) is 13.3. The van der Waals surface area contributed by atoms with Gasteiger partial charge in [0.2, 0.25) is 0 Å². The molecule has 2 fully saturated rings. The first-order valence-corrected chi connectivity index (χ1v) is 13.3. The molecule has 0 aliphatic carbocycles. The fourth-order valence-corrected chi connectivity index (χ4v) is 5.14. The number of hydrogen-bond donors (Lipinski definition) is 1. The molecule has 0 bridgehead atoms. The predicted molar refractivity (Wildman–Crippen MR) is 145 cm³/mol. The van der Waals surface area contributed by atoms with E-state index in [1.54, 1.807) is 13.4 Å². The topological polar surface area (TPSA) is 81.6 Å².